The number of hydrogen-bond acceptors (Lipinski definition) is 5. The highest BCUT2D eigenvalue weighted by atomic mass is 35.5. The Morgan fingerprint density at radius 1 is 1.26 bits per heavy atom. The van der Waals surface area contributed by atoms with Crippen molar-refractivity contribution in [2.45, 2.75) is 13.8 Å². The number of carbonyl (C=O) groups excluding carboxylic acids is 2. The molecule has 1 rings (SSSR count). The summed E-state index contributed by atoms with van der Waals surface area (Å²) in [5.74, 6) is -0.487. The molecule has 0 radical (unpaired) electrons. The van der Waals surface area contributed by atoms with Crippen LogP contribution in [0.3, 0.4) is 0 Å². The van der Waals surface area contributed by atoms with Gasteiger partial charge in [-0.1, -0.05) is 11.6 Å². The standard InChI is InChI=1S/C11H14ClN3O4/c1-3-18-10-7(5-6-8(12)13-10)9(16)14-15-11(17)19-4-2/h5-6H,3-4H2,1-2H3,(H,14,16)(H,15,17). The Morgan fingerprint density at radius 2 is 2.00 bits per heavy atom. The number of amides is 2. The van der Waals surface area contributed by atoms with Gasteiger partial charge in [0, 0.05) is 0 Å². The zero-order chi connectivity index (χ0) is 14.3. The molecule has 0 saturated heterocycles. The summed E-state index contributed by atoms with van der Waals surface area (Å²) in [5, 5.41) is 0.207. The first-order chi connectivity index (χ1) is 9.08. The lowest BCUT2D eigenvalue weighted by Gasteiger charge is -2.10. The lowest BCUT2D eigenvalue weighted by atomic mass is 10.2. The number of carbonyl (C=O) groups is 2. The van der Waals surface area contributed by atoms with Crippen LogP contribution >= 0.6 is 11.6 Å². The summed E-state index contributed by atoms with van der Waals surface area (Å²) in [6, 6.07) is 2.89. The number of hydrazine groups is 1. The van der Waals surface area contributed by atoms with Gasteiger partial charge in [-0.3, -0.25) is 10.2 Å². The van der Waals surface area contributed by atoms with E-state index in [2.05, 4.69) is 20.6 Å². The smallest absolute Gasteiger partial charge is 0.426 e. The number of ether oxygens (including phenoxy) is 2. The first-order valence-corrected chi connectivity index (χ1v) is 5.98. The second-order valence-electron chi connectivity index (χ2n) is 3.22. The number of hydrogen-bond donors (Lipinski definition) is 2. The molecule has 2 N–H and O–H groups in total. The number of pyridine rings is 1. The Bertz CT molecular complexity index is 467. The van der Waals surface area contributed by atoms with Crippen LogP contribution in [0.1, 0.15) is 24.2 Å². The van der Waals surface area contributed by atoms with Crippen LogP contribution in [0.25, 0.3) is 0 Å². The van der Waals surface area contributed by atoms with Crippen molar-refractivity contribution in [2.24, 2.45) is 0 Å². The molecule has 0 aliphatic rings. The Morgan fingerprint density at radius 3 is 2.63 bits per heavy atom. The van der Waals surface area contributed by atoms with Crippen molar-refractivity contribution in [3.63, 3.8) is 0 Å². The molecule has 8 heteroatoms. The molecule has 0 saturated carbocycles. The molecule has 1 aromatic rings. The monoisotopic (exact) mass is 287 g/mol. The fraction of sp³-hybridized carbons (Fsp3) is 0.364. The van der Waals surface area contributed by atoms with Gasteiger partial charge in [-0.25, -0.2) is 15.2 Å². The molecule has 0 atom stereocenters. The minimum absolute atomic E-state index is 0.0955. The predicted octanol–water partition coefficient (Wildman–Crippen LogP) is 1.52. The van der Waals surface area contributed by atoms with E-state index in [-0.39, 0.29) is 23.2 Å². The second-order valence-corrected chi connectivity index (χ2v) is 3.61. The molecule has 1 heterocycles. The molecule has 104 valence electrons. The lowest BCUT2D eigenvalue weighted by molar-refractivity contribution is 0.0908. The van der Waals surface area contributed by atoms with E-state index in [4.69, 9.17) is 16.3 Å². The topological polar surface area (TPSA) is 89.6 Å². The Labute approximate surface area is 115 Å². The summed E-state index contributed by atoms with van der Waals surface area (Å²) in [7, 11) is 0. The predicted molar refractivity (Wildman–Crippen MR) is 68.0 cm³/mol. The summed E-state index contributed by atoms with van der Waals surface area (Å²) in [6.07, 6.45) is -0.754. The highest BCUT2D eigenvalue weighted by molar-refractivity contribution is 6.29. The van der Waals surface area contributed by atoms with E-state index in [1.165, 1.54) is 12.1 Å². The van der Waals surface area contributed by atoms with Crippen LogP contribution in [-0.4, -0.2) is 30.2 Å². The number of rotatable bonds is 4. The van der Waals surface area contributed by atoms with Crippen molar-refractivity contribution in [3.8, 4) is 5.88 Å². The van der Waals surface area contributed by atoms with E-state index in [9.17, 15) is 9.59 Å². The van der Waals surface area contributed by atoms with Crippen molar-refractivity contribution in [2.75, 3.05) is 13.2 Å². The third kappa shape index (κ3) is 4.63. The number of aromatic nitrogens is 1. The van der Waals surface area contributed by atoms with E-state index < -0.39 is 12.0 Å². The van der Waals surface area contributed by atoms with Crippen LogP contribution in [0.4, 0.5) is 4.79 Å². The van der Waals surface area contributed by atoms with Gasteiger partial charge in [0.25, 0.3) is 5.91 Å². The number of nitrogens with one attached hydrogen (secondary N) is 2. The van der Waals surface area contributed by atoms with Gasteiger partial charge in [0.05, 0.1) is 13.2 Å². The minimum Gasteiger partial charge on any atom is -0.477 e. The Kier molecular flexibility index (Phi) is 5.87. The van der Waals surface area contributed by atoms with Crippen LogP contribution in [0.5, 0.6) is 5.88 Å². The Hall–Kier alpha value is -2.02. The van der Waals surface area contributed by atoms with Crippen LogP contribution in [-0.2, 0) is 4.74 Å². The van der Waals surface area contributed by atoms with E-state index >= 15 is 0 Å². The molecule has 1 aromatic heterocycles. The van der Waals surface area contributed by atoms with E-state index in [0.717, 1.165) is 0 Å². The zero-order valence-electron chi connectivity index (χ0n) is 10.5. The first kappa shape index (κ1) is 15.0. The van der Waals surface area contributed by atoms with Gasteiger partial charge in [-0.2, -0.15) is 0 Å². The van der Waals surface area contributed by atoms with Gasteiger partial charge in [-0.15, -0.1) is 0 Å². The van der Waals surface area contributed by atoms with Crippen LogP contribution in [0.2, 0.25) is 5.15 Å². The molecule has 0 aliphatic carbocycles. The SMILES string of the molecule is CCOC(=O)NNC(=O)c1ccc(Cl)nc1OCC. The normalized spacial score (nSPS) is 9.63. The van der Waals surface area contributed by atoms with Crippen molar-refractivity contribution < 1.29 is 19.1 Å². The molecule has 2 amide bonds. The summed E-state index contributed by atoms with van der Waals surface area (Å²) in [4.78, 5) is 26.7. The molecule has 0 bridgehead atoms. The van der Waals surface area contributed by atoms with Crippen molar-refractivity contribution in [3.05, 3.63) is 22.8 Å². The number of halogens is 1. The quantitative estimate of drug-likeness (QED) is 0.647. The fourth-order valence-electron chi connectivity index (χ4n) is 1.18. The molecule has 0 aromatic carbocycles. The van der Waals surface area contributed by atoms with Gasteiger partial charge in [-0.05, 0) is 26.0 Å². The summed E-state index contributed by atoms with van der Waals surface area (Å²) >= 11 is 5.71. The van der Waals surface area contributed by atoms with Crippen molar-refractivity contribution in [1.29, 1.82) is 0 Å². The van der Waals surface area contributed by atoms with Gasteiger partial charge < -0.3 is 9.47 Å². The molecule has 0 spiro atoms. The summed E-state index contributed by atoms with van der Waals surface area (Å²) < 4.78 is 9.79. The summed E-state index contributed by atoms with van der Waals surface area (Å²) in [5.41, 5.74) is 4.42. The first-order valence-electron chi connectivity index (χ1n) is 5.60. The number of nitrogens with zero attached hydrogens (tertiary/aromatic N) is 1. The van der Waals surface area contributed by atoms with E-state index in [1.54, 1.807) is 13.8 Å². The van der Waals surface area contributed by atoms with Crippen LogP contribution < -0.4 is 15.6 Å². The highest BCUT2D eigenvalue weighted by Gasteiger charge is 2.15. The van der Waals surface area contributed by atoms with Gasteiger partial charge in [0.15, 0.2) is 0 Å². The van der Waals surface area contributed by atoms with E-state index in [0.29, 0.717) is 6.61 Å². The largest absolute Gasteiger partial charge is 0.477 e. The van der Waals surface area contributed by atoms with Gasteiger partial charge in [0.2, 0.25) is 5.88 Å². The molecule has 0 aliphatic heterocycles. The second kappa shape index (κ2) is 7.42. The van der Waals surface area contributed by atoms with Gasteiger partial charge >= 0.3 is 6.09 Å². The lowest BCUT2D eigenvalue weighted by Crippen LogP contribution is -2.42. The minimum atomic E-state index is -0.754. The van der Waals surface area contributed by atoms with Gasteiger partial charge in [0.1, 0.15) is 10.7 Å². The summed E-state index contributed by atoms with van der Waals surface area (Å²) in [6.45, 7) is 3.94. The fourth-order valence-corrected chi connectivity index (χ4v) is 1.32. The van der Waals surface area contributed by atoms with E-state index in [1.807, 2.05) is 0 Å². The van der Waals surface area contributed by atoms with Crippen molar-refractivity contribution in [1.82, 2.24) is 15.8 Å². The molecular formula is C11H14ClN3O4. The highest BCUT2D eigenvalue weighted by Crippen LogP contribution is 2.18. The Balaban J connectivity index is 2.73. The zero-order valence-corrected chi connectivity index (χ0v) is 11.3. The maximum Gasteiger partial charge on any atom is 0.426 e. The van der Waals surface area contributed by atoms with Crippen LogP contribution in [0, 0.1) is 0 Å². The van der Waals surface area contributed by atoms with Crippen LogP contribution in [0.15, 0.2) is 12.1 Å². The maximum absolute atomic E-state index is 11.8. The average Bonchev–Trinajstić information content (AvgIpc) is 2.37. The molecular weight excluding hydrogens is 274 g/mol. The molecule has 0 fully saturated rings. The average molecular weight is 288 g/mol. The molecule has 19 heavy (non-hydrogen) atoms. The maximum atomic E-state index is 11.8. The molecule has 7 nitrogen and oxygen atoms in total. The third-order valence-electron chi connectivity index (χ3n) is 1.91. The van der Waals surface area contributed by atoms with Crippen molar-refractivity contribution >= 4 is 23.6 Å². The third-order valence-corrected chi connectivity index (χ3v) is 2.12. The molecule has 0 unspecified atom stereocenters.